The summed E-state index contributed by atoms with van der Waals surface area (Å²) in [6.07, 6.45) is 0. The molecule has 5 nitrogen and oxygen atoms in total. The summed E-state index contributed by atoms with van der Waals surface area (Å²) in [6.45, 7) is 2.18. The Labute approximate surface area is 129 Å². The highest BCUT2D eigenvalue weighted by molar-refractivity contribution is 6.39. The summed E-state index contributed by atoms with van der Waals surface area (Å²) in [5, 5.41) is 5.14. The van der Waals surface area contributed by atoms with Crippen LogP contribution in [0.1, 0.15) is 11.1 Å². The second-order valence-electron chi connectivity index (χ2n) is 4.86. The standard InChI is InChI=1S/C17H18N2O3/c1-12-5-3-7-14(9-12)19-17(21)16(20)18-11-13-6-4-8-15(10-13)22-2/h3-10H,11H2,1-2H3,(H,18,20)(H,19,21). The van der Waals surface area contributed by atoms with Gasteiger partial charge in [-0.1, -0.05) is 24.3 Å². The van der Waals surface area contributed by atoms with Crippen molar-refractivity contribution in [2.24, 2.45) is 0 Å². The summed E-state index contributed by atoms with van der Waals surface area (Å²) in [6, 6.07) is 14.6. The van der Waals surface area contributed by atoms with Crippen LogP contribution in [0.25, 0.3) is 0 Å². The molecule has 0 atom stereocenters. The van der Waals surface area contributed by atoms with Crippen molar-refractivity contribution < 1.29 is 14.3 Å². The number of hydrogen-bond acceptors (Lipinski definition) is 3. The fraction of sp³-hybridized carbons (Fsp3) is 0.176. The van der Waals surface area contributed by atoms with E-state index in [-0.39, 0.29) is 6.54 Å². The Morgan fingerprint density at radius 2 is 1.82 bits per heavy atom. The highest BCUT2D eigenvalue weighted by Crippen LogP contribution is 2.12. The molecule has 0 bridgehead atoms. The van der Waals surface area contributed by atoms with E-state index in [4.69, 9.17) is 4.74 Å². The molecule has 5 heteroatoms. The summed E-state index contributed by atoms with van der Waals surface area (Å²) in [5.74, 6) is -0.659. The predicted octanol–water partition coefficient (Wildman–Crippen LogP) is 2.26. The molecule has 0 aliphatic carbocycles. The number of aryl methyl sites for hydroxylation is 1. The van der Waals surface area contributed by atoms with Crippen LogP contribution < -0.4 is 15.4 Å². The third kappa shape index (κ3) is 4.34. The first-order chi connectivity index (χ1) is 10.6. The molecule has 114 valence electrons. The zero-order chi connectivity index (χ0) is 15.9. The largest absolute Gasteiger partial charge is 0.497 e. The number of carbonyl (C=O) groups is 2. The van der Waals surface area contributed by atoms with Crippen molar-refractivity contribution in [1.82, 2.24) is 5.32 Å². The summed E-state index contributed by atoms with van der Waals surface area (Å²) < 4.78 is 5.11. The van der Waals surface area contributed by atoms with Gasteiger partial charge < -0.3 is 15.4 Å². The number of hydrogen-bond donors (Lipinski definition) is 2. The Morgan fingerprint density at radius 1 is 1.05 bits per heavy atom. The van der Waals surface area contributed by atoms with E-state index in [1.807, 2.05) is 37.3 Å². The van der Waals surface area contributed by atoms with E-state index in [0.29, 0.717) is 11.4 Å². The van der Waals surface area contributed by atoms with E-state index >= 15 is 0 Å². The van der Waals surface area contributed by atoms with Crippen molar-refractivity contribution in [3.63, 3.8) is 0 Å². The lowest BCUT2D eigenvalue weighted by Crippen LogP contribution is -2.34. The van der Waals surface area contributed by atoms with Gasteiger partial charge in [-0.15, -0.1) is 0 Å². The zero-order valence-electron chi connectivity index (χ0n) is 12.6. The van der Waals surface area contributed by atoms with E-state index < -0.39 is 11.8 Å². The second kappa shape index (κ2) is 7.26. The molecular formula is C17H18N2O3. The van der Waals surface area contributed by atoms with Crippen LogP contribution in [-0.4, -0.2) is 18.9 Å². The quantitative estimate of drug-likeness (QED) is 0.851. The van der Waals surface area contributed by atoms with Crippen LogP contribution in [0.5, 0.6) is 5.75 Å². The number of methoxy groups -OCH3 is 1. The van der Waals surface area contributed by atoms with Crippen molar-refractivity contribution in [3.05, 3.63) is 59.7 Å². The monoisotopic (exact) mass is 298 g/mol. The molecule has 0 saturated heterocycles. The summed E-state index contributed by atoms with van der Waals surface area (Å²) in [7, 11) is 1.58. The molecular weight excluding hydrogens is 280 g/mol. The molecule has 0 aromatic heterocycles. The first kappa shape index (κ1) is 15.6. The average molecular weight is 298 g/mol. The molecule has 2 aromatic rings. The number of amides is 2. The van der Waals surface area contributed by atoms with Gasteiger partial charge >= 0.3 is 11.8 Å². The summed E-state index contributed by atoms with van der Waals surface area (Å²) in [4.78, 5) is 23.6. The smallest absolute Gasteiger partial charge is 0.313 e. The molecule has 0 spiro atoms. The van der Waals surface area contributed by atoms with Gasteiger partial charge in [0.15, 0.2) is 0 Å². The molecule has 0 fully saturated rings. The van der Waals surface area contributed by atoms with E-state index in [0.717, 1.165) is 11.1 Å². The third-order valence-electron chi connectivity index (χ3n) is 3.07. The Morgan fingerprint density at radius 3 is 2.55 bits per heavy atom. The molecule has 2 N–H and O–H groups in total. The van der Waals surface area contributed by atoms with Crippen LogP contribution in [0.2, 0.25) is 0 Å². The number of ether oxygens (including phenoxy) is 1. The van der Waals surface area contributed by atoms with Gasteiger partial charge in [-0.25, -0.2) is 0 Å². The number of carbonyl (C=O) groups excluding carboxylic acids is 2. The van der Waals surface area contributed by atoms with Gasteiger partial charge in [-0.05, 0) is 42.3 Å². The average Bonchev–Trinajstić information content (AvgIpc) is 2.52. The molecule has 22 heavy (non-hydrogen) atoms. The van der Waals surface area contributed by atoms with Crippen LogP contribution in [0.3, 0.4) is 0 Å². The minimum atomic E-state index is -0.687. The Hall–Kier alpha value is -2.82. The van der Waals surface area contributed by atoms with Gasteiger partial charge in [0.1, 0.15) is 5.75 Å². The minimum absolute atomic E-state index is 0.261. The van der Waals surface area contributed by atoms with Crippen LogP contribution in [0, 0.1) is 6.92 Å². The van der Waals surface area contributed by atoms with Crippen molar-refractivity contribution in [2.75, 3.05) is 12.4 Å². The van der Waals surface area contributed by atoms with Gasteiger partial charge in [0.25, 0.3) is 0 Å². The van der Waals surface area contributed by atoms with Crippen LogP contribution >= 0.6 is 0 Å². The first-order valence-electron chi connectivity index (χ1n) is 6.87. The second-order valence-corrected chi connectivity index (χ2v) is 4.86. The predicted molar refractivity (Wildman–Crippen MR) is 84.6 cm³/mol. The highest BCUT2D eigenvalue weighted by Gasteiger charge is 2.13. The Kier molecular flexibility index (Phi) is 5.14. The number of benzene rings is 2. The SMILES string of the molecule is COc1cccc(CNC(=O)C(=O)Nc2cccc(C)c2)c1. The molecule has 2 rings (SSSR count). The molecule has 0 heterocycles. The van der Waals surface area contributed by atoms with Gasteiger partial charge in [0.05, 0.1) is 7.11 Å². The summed E-state index contributed by atoms with van der Waals surface area (Å²) >= 11 is 0. The molecule has 2 aromatic carbocycles. The zero-order valence-corrected chi connectivity index (χ0v) is 12.6. The fourth-order valence-corrected chi connectivity index (χ4v) is 1.96. The minimum Gasteiger partial charge on any atom is -0.497 e. The van der Waals surface area contributed by atoms with Crippen molar-refractivity contribution in [3.8, 4) is 5.75 Å². The van der Waals surface area contributed by atoms with Crippen LogP contribution in [-0.2, 0) is 16.1 Å². The Bertz CT molecular complexity index is 683. The van der Waals surface area contributed by atoms with E-state index in [1.165, 1.54) is 0 Å². The molecule has 2 amide bonds. The Balaban J connectivity index is 1.90. The lowest BCUT2D eigenvalue weighted by molar-refractivity contribution is -0.136. The lowest BCUT2D eigenvalue weighted by atomic mass is 10.2. The number of rotatable bonds is 4. The topological polar surface area (TPSA) is 67.4 Å². The maximum atomic E-state index is 11.8. The van der Waals surface area contributed by atoms with Gasteiger partial charge in [0.2, 0.25) is 0 Å². The number of nitrogens with one attached hydrogen (secondary N) is 2. The first-order valence-corrected chi connectivity index (χ1v) is 6.87. The van der Waals surface area contributed by atoms with E-state index in [9.17, 15) is 9.59 Å². The third-order valence-corrected chi connectivity index (χ3v) is 3.07. The highest BCUT2D eigenvalue weighted by atomic mass is 16.5. The van der Waals surface area contributed by atoms with Crippen LogP contribution in [0.15, 0.2) is 48.5 Å². The number of anilines is 1. The van der Waals surface area contributed by atoms with Crippen LogP contribution in [0.4, 0.5) is 5.69 Å². The summed E-state index contributed by atoms with van der Waals surface area (Å²) in [5.41, 5.74) is 2.46. The van der Waals surface area contributed by atoms with Gasteiger partial charge in [-0.3, -0.25) is 9.59 Å². The maximum Gasteiger partial charge on any atom is 0.313 e. The molecule has 0 aliphatic heterocycles. The lowest BCUT2D eigenvalue weighted by Gasteiger charge is -2.08. The van der Waals surface area contributed by atoms with E-state index in [1.54, 1.807) is 25.3 Å². The van der Waals surface area contributed by atoms with Crippen molar-refractivity contribution >= 4 is 17.5 Å². The van der Waals surface area contributed by atoms with E-state index in [2.05, 4.69) is 10.6 Å². The van der Waals surface area contributed by atoms with Crippen molar-refractivity contribution in [2.45, 2.75) is 13.5 Å². The molecule has 0 radical (unpaired) electrons. The normalized spacial score (nSPS) is 9.91. The van der Waals surface area contributed by atoms with Crippen molar-refractivity contribution in [1.29, 1.82) is 0 Å². The maximum absolute atomic E-state index is 11.8. The van der Waals surface area contributed by atoms with Gasteiger partial charge in [-0.2, -0.15) is 0 Å². The van der Waals surface area contributed by atoms with Gasteiger partial charge in [0, 0.05) is 12.2 Å². The molecule has 0 unspecified atom stereocenters. The molecule has 0 saturated carbocycles. The molecule has 0 aliphatic rings. The fourth-order valence-electron chi connectivity index (χ4n) is 1.96.